The third-order valence-electron chi connectivity index (χ3n) is 7.07. The summed E-state index contributed by atoms with van der Waals surface area (Å²) in [5.41, 5.74) is 6.97. The molecule has 1 aliphatic heterocycles. The minimum absolute atomic E-state index is 0.0325. The highest BCUT2D eigenvalue weighted by Crippen LogP contribution is 2.48. The van der Waals surface area contributed by atoms with Crippen molar-refractivity contribution in [3.63, 3.8) is 0 Å². The van der Waals surface area contributed by atoms with Gasteiger partial charge in [0.1, 0.15) is 12.4 Å². The number of nitrogens with one attached hydrogen (secondary N) is 1. The summed E-state index contributed by atoms with van der Waals surface area (Å²) in [4.78, 5) is 28.5. The van der Waals surface area contributed by atoms with Gasteiger partial charge in [0.05, 0.1) is 22.4 Å². The fraction of sp³-hybridized carbons (Fsp3) is 0.258. The topological polar surface area (TPSA) is 67.2 Å². The number of para-hydroxylation sites is 1. The highest BCUT2D eigenvalue weighted by molar-refractivity contribution is 8.00. The van der Waals surface area contributed by atoms with Crippen molar-refractivity contribution >= 4 is 29.4 Å². The number of carbonyl (C=O) groups excluding carboxylic acids is 2. The zero-order valence-corrected chi connectivity index (χ0v) is 22.4. The molecule has 38 heavy (non-hydrogen) atoms. The molecule has 192 valence electrons. The van der Waals surface area contributed by atoms with Crippen molar-refractivity contribution in [2.45, 2.75) is 38.0 Å². The lowest BCUT2D eigenvalue weighted by Gasteiger charge is -2.23. The molecule has 1 atom stereocenters. The Kier molecular flexibility index (Phi) is 6.54. The van der Waals surface area contributed by atoms with E-state index >= 15 is 0 Å². The first-order valence-electron chi connectivity index (χ1n) is 13.0. The first-order chi connectivity index (χ1) is 18.5. The van der Waals surface area contributed by atoms with E-state index in [4.69, 9.17) is 5.10 Å². The summed E-state index contributed by atoms with van der Waals surface area (Å²) >= 11 is 1.60. The van der Waals surface area contributed by atoms with E-state index in [1.54, 1.807) is 16.7 Å². The van der Waals surface area contributed by atoms with Gasteiger partial charge in [0.2, 0.25) is 11.8 Å². The van der Waals surface area contributed by atoms with Gasteiger partial charge in [-0.15, -0.1) is 11.8 Å². The number of carbonyl (C=O) groups is 2. The van der Waals surface area contributed by atoms with Gasteiger partial charge in [0.25, 0.3) is 0 Å². The Morgan fingerprint density at radius 1 is 1.00 bits per heavy atom. The maximum Gasteiger partial charge on any atom is 0.240 e. The predicted octanol–water partition coefficient (Wildman–Crippen LogP) is 5.60. The zero-order chi connectivity index (χ0) is 26.2. The van der Waals surface area contributed by atoms with Gasteiger partial charge in [0, 0.05) is 17.2 Å². The molecule has 0 bridgehead atoms. The van der Waals surface area contributed by atoms with Gasteiger partial charge in [0.15, 0.2) is 0 Å². The average Bonchev–Trinajstić information content (AvgIpc) is 3.67. The van der Waals surface area contributed by atoms with Gasteiger partial charge in [-0.25, -0.2) is 4.68 Å². The molecule has 2 amide bonds. The molecule has 6 nitrogen and oxygen atoms in total. The van der Waals surface area contributed by atoms with Gasteiger partial charge < -0.3 is 5.32 Å². The molecule has 7 heteroatoms. The number of anilines is 1. The highest BCUT2D eigenvalue weighted by Gasteiger charge is 2.38. The van der Waals surface area contributed by atoms with Crippen LogP contribution in [0.2, 0.25) is 0 Å². The number of hydrogen-bond acceptors (Lipinski definition) is 4. The Labute approximate surface area is 227 Å². The summed E-state index contributed by atoms with van der Waals surface area (Å²) < 4.78 is 1.88. The number of rotatable bonds is 6. The Morgan fingerprint density at radius 2 is 1.76 bits per heavy atom. The van der Waals surface area contributed by atoms with Crippen LogP contribution in [0.25, 0.3) is 16.9 Å². The van der Waals surface area contributed by atoms with E-state index in [0.717, 1.165) is 52.0 Å². The Bertz CT molecular complexity index is 1510. The average molecular weight is 523 g/mol. The lowest BCUT2D eigenvalue weighted by molar-refractivity contribution is -0.123. The molecule has 0 radical (unpaired) electrons. The minimum atomic E-state index is -0.135. The minimum Gasteiger partial charge on any atom is -0.352 e. The van der Waals surface area contributed by atoms with Crippen LogP contribution in [-0.2, 0) is 9.59 Å². The van der Waals surface area contributed by atoms with Crippen molar-refractivity contribution in [2.24, 2.45) is 0 Å². The van der Waals surface area contributed by atoms with E-state index in [0.29, 0.717) is 5.82 Å². The summed E-state index contributed by atoms with van der Waals surface area (Å²) in [6.07, 6.45) is 1.99. The third-order valence-corrected chi connectivity index (χ3v) is 8.32. The maximum atomic E-state index is 13.8. The molecule has 0 unspecified atom stereocenters. The summed E-state index contributed by atoms with van der Waals surface area (Å²) in [6, 6.07) is 26.8. The number of thioether (sulfide) groups is 1. The summed E-state index contributed by atoms with van der Waals surface area (Å²) in [5.74, 6) is 0.716. The van der Waals surface area contributed by atoms with Crippen LogP contribution in [0.1, 0.15) is 40.3 Å². The summed E-state index contributed by atoms with van der Waals surface area (Å²) in [6.45, 7) is 4.09. The smallest absolute Gasteiger partial charge is 0.240 e. The van der Waals surface area contributed by atoms with Crippen molar-refractivity contribution in [2.75, 3.05) is 17.2 Å². The van der Waals surface area contributed by atoms with E-state index in [-0.39, 0.29) is 35.4 Å². The van der Waals surface area contributed by atoms with Crippen molar-refractivity contribution < 1.29 is 9.59 Å². The molecule has 0 spiro atoms. The number of benzene rings is 3. The van der Waals surface area contributed by atoms with Gasteiger partial charge in [-0.1, -0.05) is 78.4 Å². The third kappa shape index (κ3) is 4.74. The van der Waals surface area contributed by atoms with Gasteiger partial charge in [-0.2, -0.15) is 5.10 Å². The second-order valence-electron chi connectivity index (χ2n) is 10.1. The number of fused-ring (bicyclic) bond motifs is 1. The SMILES string of the molecule is Cc1cccc([C@@H]2SCC(=O)N(CC(=O)NC3CC3)c3c2c(-c2ccccc2)nn3-c2ccccc2C)c1. The van der Waals surface area contributed by atoms with Crippen LogP contribution in [0.5, 0.6) is 0 Å². The highest BCUT2D eigenvalue weighted by atomic mass is 32.2. The fourth-order valence-corrected chi connectivity index (χ4v) is 6.23. The molecular formula is C31H30N4O2S. The van der Waals surface area contributed by atoms with Crippen LogP contribution >= 0.6 is 11.8 Å². The fourth-order valence-electron chi connectivity index (χ4n) is 5.04. The molecule has 0 saturated heterocycles. The number of amides is 2. The van der Waals surface area contributed by atoms with Crippen LogP contribution in [0.15, 0.2) is 78.9 Å². The van der Waals surface area contributed by atoms with Crippen LogP contribution in [0.3, 0.4) is 0 Å². The second-order valence-corrected chi connectivity index (χ2v) is 11.2. The van der Waals surface area contributed by atoms with E-state index in [1.165, 1.54) is 0 Å². The molecule has 1 fully saturated rings. The van der Waals surface area contributed by atoms with E-state index in [2.05, 4.69) is 48.6 Å². The molecule has 4 aromatic rings. The first kappa shape index (κ1) is 24.5. The Hall–Kier alpha value is -3.84. The van der Waals surface area contributed by atoms with Gasteiger partial charge in [-0.3, -0.25) is 14.5 Å². The molecular weight excluding hydrogens is 492 g/mol. The monoisotopic (exact) mass is 522 g/mol. The van der Waals surface area contributed by atoms with Crippen LogP contribution in [0, 0.1) is 13.8 Å². The van der Waals surface area contributed by atoms with Crippen molar-refractivity contribution in [3.05, 3.63) is 101 Å². The quantitative estimate of drug-likeness (QED) is 0.358. The largest absolute Gasteiger partial charge is 0.352 e. The maximum absolute atomic E-state index is 13.8. The predicted molar refractivity (Wildman–Crippen MR) is 153 cm³/mol. The molecule has 1 saturated carbocycles. The van der Waals surface area contributed by atoms with Crippen LogP contribution in [-0.4, -0.2) is 39.9 Å². The Balaban J connectivity index is 1.62. The first-order valence-corrected chi connectivity index (χ1v) is 14.1. The van der Waals surface area contributed by atoms with Crippen molar-refractivity contribution in [3.8, 4) is 16.9 Å². The van der Waals surface area contributed by atoms with Crippen molar-refractivity contribution in [1.29, 1.82) is 0 Å². The lowest BCUT2D eigenvalue weighted by atomic mass is 9.98. The molecule has 3 aromatic carbocycles. The lowest BCUT2D eigenvalue weighted by Crippen LogP contribution is -2.43. The second kappa shape index (κ2) is 10.1. The summed E-state index contributed by atoms with van der Waals surface area (Å²) in [5, 5.41) is 8.11. The number of nitrogens with zero attached hydrogens (tertiary/aromatic N) is 3. The van der Waals surface area contributed by atoms with E-state index < -0.39 is 0 Å². The number of aryl methyl sites for hydroxylation is 2. The van der Waals surface area contributed by atoms with Gasteiger partial charge >= 0.3 is 0 Å². The normalized spacial score (nSPS) is 17.2. The molecule has 1 aromatic heterocycles. The standard InChI is InChI=1S/C31H30N4O2S/c1-20-9-8-13-23(17-20)30-28-29(22-11-4-3-5-12-22)33-35(25-14-7-6-10-21(25)2)31(28)34(27(37)19-38-30)18-26(36)32-24-15-16-24/h3-14,17,24,30H,15-16,18-19H2,1-2H3,(H,32,36)/t30-/m0/s1. The van der Waals surface area contributed by atoms with Crippen molar-refractivity contribution in [1.82, 2.24) is 15.1 Å². The summed E-state index contributed by atoms with van der Waals surface area (Å²) in [7, 11) is 0. The van der Waals surface area contributed by atoms with Crippen LogP contribution in [0.4, 0.5) is 5.82 Å². The molecule has 1 N–H and O–H groups in total. The molecule has 1 aliphatic carbocycles. The molecule has 2 aliphatic rings. The van der Waals surface area contributed by atoms with Gasteiger partial charge in [-0.05, 0) is 43.9 Å². The molecule has 2 heterocycles. The van der Waals surface area contributed by atoms with E-state index in [1.807, 2.05) is 54.1 Å². The molecule has 6 rings (SSSR count). The number of aromatic nitrogens is 2. The van der Waals surface area contributed by atoms with E-state index in [9.17, 15) is 9.59 Å². The Morgan fingerprint density at radius 3 is 2.50 bits per heavy atom. The number of hydrogen-bond donors (Lipinski definition) is 1. The van der Waals surface area contributed by atoms with Crippen LogP contribution < -0.4 is 10.2 Å². The zero-order valence-electron chi connectivity index (χ0n) is 21.6.